The van der Waals surface area contributed by atoms with E-state index in [0.717, 1.165) is 23.6 Å². The fourth-order valence-corrected chi connectivity index (χ4v) is 1.84. The third-order valence-corrected chi connectivity index (χ3v) is 3.05. The molecule has 0 saturated heterocycles. The number of hydrogen-bond acceptors (Lipinski definition) is 4. The van der Waals surface area contributed by atoms with Crippen molar-refractivity contribution in [1.29, 1.82) is 0 Å². The van der Waals surface area contributed by atoms with Crippen LogP contribution in [0.3, 0.4) is 0 Å². The molecule has 4 nitrogen and oxygen atoms in total. The van der Waals surface area contributed by atoms with Gasteiger partial charge in [0, 0.05) is 35.4 Å². The van der Waals surface area contributed by atoms with E-state index >= 15 is 0 Å². The summed E-state index contributed by atoms with van der Waals surface area (Å²) >= 11 is 0. The molecule has 0 fully saturated rings. The zero-order valence-electron chi connectivity index (χ0n) is 12.2. The summed E-state index contributed by atoms with van der Waals surface area (Å²) in [6.45, 7) is 2.00. The summed E-state index contributed by atoms with van der Waals surface area (Å²) in [5.41, 5.74) is 2.42. The van der Waals surface area contributed by atoms with E-state index in [4.69, 9.17) is 4.74 Å². The minimum absolute atomic E-state index is 0.0322. The van der Waals surface area contributed by atoms with Gasteiger partial charge in [-0.15, -0.1) is 0 Å². The Morgan fingerprint density at radius 3 is 2.43 bits per heavy atom. The second kappa shape index (κ2) is 7.24. The molecule has 0 radical (unpaired) electrons. The van der Waals surface area contributed by atoms with Gasteiger partial charge in [-0.25, -0.2) is 0 Å². The molecule has 1 aromatic heterocycles. The molecule has 0 unspecified atom stereocenters. The van der Waals surface area contributed by atoms with Crippen molar-refractivity contribution in [2.75, 3.05) is 12.4 Å². The molecule has 0 atom stereocenters. The quantitative estimate of drug-likeness (QED) is 0.648. The summed E-state index contributed by atoms with van der Waals surface area (Å²) in [5, 5.41) is 3.25. The van der Waals surface area contributed by atoms with Gasteiger partial charge in [0.2, 0.25) is 0 Å². The molecule has 1 aromatic carbocycles. The van der Waals surface area contributed by atoms with Crippen LogP contribution >= 0.6 is 0 Å². The number of hydrogen-bond donors (Lipinski definition) is 1. The standard InChI is InChI=1S/C17H18N2O2/c1-3-14(12-17(20)13-8-10-18-11-9-13)19-15-4-6-16(21-2)7-5-15/h4-12,19H,3H2,1-2H3/b14-12-. The van der Waals surface area contributed by atoms with Gasteiger partial charge in [-0.3, -0.25) is 9.78 Å². The Morgan fingerprint density at radius 1 is 1.19 bits per heavy atom. The van der Waals surface area contributed by atoms with E-state index < -0.39 is 0 Å². The predicted octanol–water partition coefficient (Wildman–Crippen LogP) is 3.68. The molecule has 4 heteroatoms. The Kier molecular flexibility index (Phi) is 5.10. The first-order chi connectivity index (χ1) is 10.2. The highest BCUT2D eigenvalue weighted by atomic mass is 16.5. The van der Waals surface area contributed by atoms with Crippen molar-refractivity contribution in [3.05, 3.63) is 66.1 Å². The lowest BCUT2D eigenvalue weighted by molar-refractivity contribution is 0.104. The van der Waals surface area contributed by atoms with Crippen molar-refractivity contribution < 1.29 is 9.53 Å². The molecule has 0 aliphatic rings. The smallest absolute Gasteiger partial charge is 0.187 e. The lowest BCUT2D eigenvalue weighted by Crippen LogP contribution is -2.03. The molecule has 1 N–H and O–H groups in total. The molecule has 21 heavy (non-hydrogen) atoms. The third-order valence-electron chi connectivity index (χ3n) is 3.05. The van der Waals surface area contributed by atoms with Crippen LogP contribution in [0.5, 0.6) is 5.75 Å². The van der Waals surface area contributed by atoms with Crippen molar-refractivity contribution >= 4 is 11.5 Å². The molecule has 0 aliphatic carbocycles. The van der Waals surface area contributed by atoms with Crippen molar-refractivity contribution in [3.63, 3.8) is 0 Å². The van der Waals surface area contributed by atoms with E-state index in [0.29, 0.717) is 5.56 Å². The SMILES string of the molecule is CC/C(=C/C(=O)c1ccncc1)Nc1ccc(OC)cc1. The van der Waals surface area contributed by atoms with Gasteiger partial charge in [0.05, 0.1) is 7.11 Å². The molecule has 0 spiro atoms. The number of pyridine rings is 1. The number of rotatable bonds is 6. The topological polar surface area (TPSA) is 51.2 Å². The maximum atomic E-state index is 12.1. The van der Waals surface area contributed by atoms with E-state index in [1.54, 1.807) is 37.7 Å². The van der Waals surface area contributed by atoms with Gasteiger partial charge in [-0.2, -0.15) is 0 Å². The van der Waals surface area contributed by atoms with Crippen LogP contribution < -0.4 is 10.1 Å². The Hall–Kier alpha value is -2.62. The zero-order valence-corrected chi connectivity index (χ0v) is 12.2. The molecule has 2 rings (SSSR count). The summed E-state index contributed by atoms with van der Waals surface area (Å²) in [4.78, 5) is 16.1. The number of carbonyl (C=O) groups is 1. The summed E-state index contributed by atoms with van der Waals surface area (Å²) in [7, 11) is 1.63. The van der Waals surface area contributed by atoms with Crippen LogP contribution in [0.4, 0.5) is 5.69 Å². The highest BCUT2D eigenvalue weighted by Gasteiger charge is 2.04. The molecular weight excluding hydrogens is 264 g/mol. The third kappa shape index (κ3) is 4.18. The normalized spacial score (nSPS) is 11.0. The van der Waals surface area contributed by atoms with Crippen LogP contribution in [0.25, 0.3) is 0 Å². The minimum atomic E-state index is -0.0322. The van der Waals surface area contributed by atoms with E-state index in [-0.39, 0.29) is 5.78 Å². The van der Waals surface area contributed by atoms with Gasteiger partial charge < -0.3 is 10.1 Å². The van der Waals surface area contributed by atoms with Crippen molar-refractivity contribution in [2.45, 2.75) is 13.3 Å². The van der Waals surface area contributed by atoms with Gasteiger partial charge in [-0.1, -0.05) is 6.92 Å². The van der Waals surface area contributed by atoms with Crippen LogP contribution in [-0.2, 0) is 0 Å². The summed E-state index contributed by atoms with van der Waals surface area (Å²) in [6, 6.07) is 11.0. The average Bonchev–Trinajstić information content (AvgIpc) is 2.55. The Morgan fingerprint density at radius 2 is 1.86 bits per heavy atom. The van der Waals surface area contributed by atoms with Gasteiger partial charge in [-0.05, 0) is 42.8 Å². The fourth-order valence-electron chi connectivity index (χ4n) is 1.84. The molecule has 2 aromatic rings. The Labute approximate surface area is 124 Å². The second-order valence-corrected chi connectivity index (χ2v) is 4.48. The van der Waals surface area contributed by atoms with E-state index in [1.807, 2.05) is 31.2 Å². The maximum Gasteiger partial charge on any atom is 0.187 e. The first kappa shape index (κ1) is 14.8. The van der Waals surface area contributed by atoms with Crippen LogP contribution in [0.15, 0.2) is 60.6 Å². The fraction of sp³-hybridized carbons (Fsp3) is 0.176. The number of nitrogens with zero attached hydrogens (tertiary/aromatic N) is 1. The number of ketones is 1. The molecule has 0 aliphatic heterocycles. The van der Waals surface area contributed by atoms with E-state index in [1.165, 1.54) is 0 Å². The lowest BCUT2D eigenvalue weighted by atomic mass is 10.1. The average molecular weight is 282 g/mol. The number of carbonyl (C=O) groups excluding carboxylic acids is 1. The molecule has 1 heterocycles. The monoisotopic (exact) mass is 282 g/mol. The van der Waals surface area contributed by atoms with Gasteiger partial charge in [0.25, 0.3) is 0 Å². The minimum Gasteiger partial charge on any atom is -0.497 e. The second-order valence-electron chi connectivity index (χ2n) is 4.48. The molecule has 108 valence electrons. The van der Waals surface area contributed by atoms with E-state index in [2.05, 4.69) is 10.3 Å². The highest BCUT2D eigenvalue weighted by Crippen LogP contribution is 2.17. The van der Waals surface area contributed by atoms with Crippen LogP contribution in [0.2, 0.25) is 0 Å². The molecule has 0 bridgehead atoms. The number of benzene rings is 1. The number of methoxy groups -OCH3 is 1. The molecule has 0 amide bonds. The van der Waals surface area contributed by atoms with Crippen LogP contribution in [-0.4, -0.2) is 17.9 Å². The van der Waals surface area contributed by atoms with Gasteiger partial charge in [0.15, 0.2) is 5.78 Å². The number of allylic oxidation sites excluding steroid dienone is 2. The first-order valence-corrected chi connectivity index (χ1v) is 6.79. The zero-order chi connectivity index (χ0) is 15.1. The number of anilines is 1. The van der Waals surface area contributed by atoms with Crippen LogP contribution in [0, 0.1) is 0 Å². The summed E-state index contributed by atoms with van der Waals surface area (Å²) in [6.07, 6.45) is 5.59. The number of ether oxygens (including phenoxy) is 1. The summed E-state index contributed by atoms with van der Waals surface area (Å²) in [5.74, 6) is 0.769. The van der Waals surface area contributed by atoms with E-state index in [9.17, 15) is 4.79 Å². The van der Waals surface area contributed by atoms with Gasteiger partial charge >= 0.3 is 0 Å². The predicted molar refractivity (Wildman–Crippen MR) is 83.6 cm³/mol. The Balaban J connectivity index is 2.11. The van der Waals surface area contributed by atoms with Gasteiger partial charge in [0.1, 0.15) is 5.75 Å². The molecule has 0 saturated carbocycles. The maximum absolute atomic E-state index is 12.1. The first-order valence-electron chi connectivity index (χ1n) is 6.79. The van der Waals surface area contributed by atoms with Crippen molar-refractivity contribution in [2.24, 2.45) is 0 Å². The Bertz CT molecular complexity index is 619. The van der Waals surface area contributed by atoms with Crippen molar-refractivity contribution in [1.82, 2.24) is 4.98 Å². The number of nitrogens with one attached hydrogen (secondary N) is 1. The van der Waals surface area contributed by atoms with Crippen LogP contribution in [0.1, 0.15) is 23.7 Å². The highest BCUT2D eigenvalue weighted by molar-refractivity contribution is 6.05. The lowest BCUT2D eigenvalue weighted by Gasteiger charge is -2.09. The summed E-state index contributed by atoms with van der Waals surface area (Å²) < 4.78 is 5.12. The number of aromatic nitrogens is 1. The largest absolute Gasteiger partial charge is 0.497 e. The van der Waals surface area contributed by atoms with Crippen molar-refractivity contribution in [3.8, 4) is 5.75 Å². The molecular formula is C17H18N2O2.